The Bertz CT molecular complexity index is 335. The summed E-state index contributed by atoms with van der Waals surface area (Å²) in [5.41, 5.74) is 2.74. The van der Waals surface area contributed by atoms with Crippen LogP contribution in [0.2, 0.25) is 0 Å². The first-order valence-electron chi connectivity index (χ1n) is 5.11. The molecule has 0 aliphatic heterocycles. The zero-order valence-corrected chi connectivity index (χ0v) is 10.3. The van der Waals surface area contributed by atoms with Gasteiger partial charge in [-0.2, -0.15) is 0 Å². The third-order valence-electron chi connectivity index (χ3n) is 2.61. The van der Waals surface area contributed by atoms with E-state index >= 15 is 0 Å². The van der Waals surface area contributed by atoms with Crippen LogP contribution < -0.4 is 10.2 Å². The summed E-state index contributed by atoms with van der Waals surface area (Å²) in [6, 6.07) is 1.50. The van der Waals surface area contributed by atoms with Crippen LogP contribution in [0.1, 0.15) is 37.0 Å². The van der Waals surface area contributed by atoms with Crippen LogP contribution >= 0.6 is 0 Å². The summed E-state index contributed by atoms with van der Waals surface area (Å²) in [5.74, 6) is -0.666. The summed E-state index contributed by atoms with van der Waals surface area (Å²) in [7, 11) is 0. The number of aryl methyl sites for hydroxylation is 1. The normalized spacial score (nSPS) is 9.80. The van der Waals surface area contributed by atoms with Gasteiger partial charge in [0.05, 0.1) is 0 Å². The van der Waals surface area contributed by atoms with E-state index in [1.54, 1.807) is 0 Å². The van der Waals surface area contributed by atoms with Crippen LogP contribution in [0.25, 0.3) is 0 Å². The van der Waals surface area contributed by atoms with Crippen LogP contribution in [0.3, 0.4) is 0 Å². The van der Waals surface area contributed by atoms with Gasteiger partial charge in [-0.05, 0) is 30.9 Å². The number of hydrogen-bond donors (Lipinski definition) is 0. The van der Waals surface area contributed by atoms with Crippen molar-refractivity contribution in [1.29, 1.82) is 0 Å². The molecule has 86 valence electrons. The molecule has 2 nitrogen and oxygen atoms in total. The Balaban J connectivity index is 0.00000196. The van der Waals surface area contributed by atoms with Crippen molar-refractivity contribution in [1.82, 2.24) is 0 Å². The second kappa shape index (κ2) is 6.02. The molecular formula is C12H16NiO2. The second-order valence-electron chi connectivity index (χ2n) is 3.57. The Hall–Kier alpha value is -0.686. The molecule has 15 heavy (non-hydrogen) atoms. The maximum absolute atomic E-state index is 11.5. The Morgan fingerprint density at radius 2 is 1.80 bits per heavy atom. The Morgan fingerprint density at radius 1 is 1.20 bits per heavy atom. The monoisotopic (exact) mass is 250 g/mol. The van der Waals surface area contributed by atoms with Gasteiger partial charge in [0.2, 0.25) is 0 Å². The van der Waals surface area contributed by atoms with E-state index in [4.69, 9.17) is 0 Å². The zero-order valence-electron chi connectivity index (χ0n) is 9.33. The largest absolute Gasteiger partial charge is 2.00 e. The summed E-state index contributed by atoms with van der Waals surface area (Å²) in [4.78, 5) is 0. The van der Waals surface area contributed by atoms with Gasteiger partial charge >= 0.3 is 16.5 Å². The standard InChI is InChI=1S/C12H18O2.Ni/c1-4-6-9-7-11(13)12(14)10(5-2)8(9)3;/h7,13-14H,4-6H2,1-3H3;/q;+2/p-2. The Morgan fingerprint density at radius 3 is 2.27 bits per heavy atom. The van der Waals surface area contributed by atoms with E-state index < -0.39 is 0 Å². The molecule has 0 aliphatic carbocycles. The van der Waals surface area contributed by atoms with Gasteiger partial charge in [-0.1, -0.05) is 31.9 Å². The molecule has 0 amide bonds. The number of hydrogen-bond acceptors (Lipinski definition) is 2. The molecule has 0 saturated heterocycles. The predicted octanol–water partition coefficient (Wildman–Crippen LogP) is 1.65. The third kappa shape index (κ3) is 2.88. The topological polar surface area (TPSA) is 46.1 Å². The molecule has 0 saturated carbocycles. The SMILES string of the molecule is CCCc1cc([O-])c([O-])c(CC)c1C.[Ni+2]. The van der Waals surface area contributed by atoms with E-state index in [0.717, 1.165) is 24.0 Å². The molecule has 0 radical (unpaired) electrons. The van der Waals surface area contributed by atoms with Crippen molar-refractivity contribution in [3.05, 3.63) is 22.8 Å². The molecule has 1 rings (SSSR count). The van der Waals surface area contributed by atoms with Crippen LogP contribution in [0, 0.1) is 6.92 Å². The molecule has 0 aromatic heterocycles. The van der Waals surface area contributed by atoms with E-state index in [-0.39, 0.29) is 28.0 Å². The Labute approximate surface area is 101 Å². The minimum atomic E-state index is -0.351. The molecule has 0 atom stereocenters. The molecule has 0 N–H and O–H groups in total. The van der Waals surface area contributed by atoms with Crippen LogP contribution in [0.5, 0.6) is 11.5 Å². The second-order valence-corrected chi connectivity index (χ2v) is 3.57. The van der Waals surface area contributed by atoms with Crippen molar-refractivity contribution < 1.29 is 26.7 Å². The molecule has 0 bridgehead atoms. The van der Waals surface area contributed by atoms with Gasteiger partial charge in [0.25, 0.3) is 0 Å². The fourth-order valence-electron chi connectivity index (χ4n) is 1.80. The first kappa shape index (κ1) is 14.3. The van der Waals surface area contributed by atoms with E-state index in [1.807, 2.05) is 13.8 Å². The van der Waals surface area contributed by atoms with E-state index in [1.165, 1.54) is 6.07 Å². The fraction of sp³-hybridized carbons (Fsp3) is 0.500. The first-order valence-corrected chi connectivity index (χ1v) is 5.11. The van der Waals surface area contributed by atoms with E-state index in [9.17, 15) is 10.2 Å². The van der Waals surface area contributed by atoms with Gasteiger partial charge in [-0.15, -0.1) is 11.5 Å². The quantitative estimate of drug-likeness (QED) is 0.766. The van der Waals surface area contributed by atoms with Gasteiger partial charge in [0.15, 0.2) is 0 Å². The van der Waals surface area contributed by atoms with Crippen molar-refractivity contribution in [2.24, 2.45) is 0 Å². The van der Waals surface area contributed by atoms with Crippen molar-refractivity contribution >= 4 is 0 Å². The van der Waals surface area contributed by atoms with Gasteiger partial charge in [0, 0.05) is 0 Å². The minimum absolute atomic E-state index is 0. The Kier molecular flexibility index (Phi) is 5.74. The molecule has 0 heterocycles. The van der Waals surface area contributed by atoms with Gasteiger partial charge < -0.3 is 10.2 Å². The van der Waals surface area contributed by atoms with Crippen molar-refractivity contribution in [2.45, 2.75) is 40.0 Å². The summed E-state index contributed by atoms with van der Waals surface area (Å²) in [6.45, 7) is 5.92. The van der Waals surface area contributed by atoms with E-state index in [0.29, 0.717) is 12.0 Å². The molecule has 0 unspecified atom stereocenters. The summed E-state index contributed by atoms with van der Waals surface area (Å²) >= 11 is 0. The van der Waals surface area contributed by atoms with Crippen LogP contribution in [0.4, 0.5) is 0 Å². The molecule has 3 heteroatoms. The van der Waals surface area contributed by atoms with Crippen molar-refractivity contribution in [3.63, 3.8) is 0 Å². The minimum Gasteiger partial charge on any atom is -0.873 e. The third-order valence-corrected chi connectivity index (χ3v) is 2.61. The van der Waals surface area contributed by atoms with Crippen LogP contribution in [-0.2, 0) is 29.3 Å². The van der Waals surface area contributed by atoms with Gasteiger partial charge in [-0.3, -0.25) is 0 Å². The zero-order chi connectivity index (χ0) is 10.7. The fourth-order valence-corrected chi connectivity index (χ4v) is 1.80. The van der Waals surface area contributed by atoms with Gasteiger partial charge in [-0.25, -0.2) is 0 Å². The maximum atomic E-state index is 11.5. The van der Waals surface area contributed by atoms with Crippen LogP contribution in [0.15, 0.2) is 6.07 Å². The van der Waals surface area contributed by atoms with Crippen LogP contribution in [-0.4, -0.2) is 0 Å². The molecule has 0 fully saturated rings. The summed E-state index contributed by atoms with van der Waals surface area (Å²) in [6.07, 6.45) is 2.54. The number of benzene rings is 1. The average molecular weight is 251 g/mol. The summed E-state index contributed by atoms with van der Waals surface area (Å²) < 4.78 is 0. The van der Waals surface area contributed by atoms with Gasteiger partial charge in [0.1, 0.15) is 0 Å². The maximum Gasteiger partial charge on any atom is 2.00 e. The number of rotatable bonds is 3. The van der Waals surface area contributed by atoms with Crippen molar-refractivity contribution in [2.75, 3.05) is 0 Å². The average Bonchev–Trinajstić information content (AvgIpc) is 2.16. The summed E-state index contributed by atoms with van der Waals surface area (Å²) in [5, 5.41) is 22.8. The molecule has 0 spiro atoms. The molecule has 1 aromatic rings. The molecule has 0 aliphatic rings. The van der Waals surface area contributed by atoms with Crippen molar-refractivity contribution in [3.8, 4) is 11.5 Å². The molecular weight excluding hydrogens is 235 g/mol. The predicted molar refractivity (Wildman–Crippen MR) is 53.4 cm³/mol. The first-order chi connectivity index (χ1) is 6.61. The smallest absolute Gasteiger partial charge is 0.873 e. The van der Waals surface area contributed by atoms with E-state index in [2.05, 4.69) is 6.92 Å². The molecule has 1 aromatic carbocycles.